The third kappa shape index (κ3) is 5.17. The fraction of sp³-hybridized carbons (Fsp3) is 0.400. The van der Waals surface area contributed by atoms with Crippen LogP contribution in [-0.2, 0) is 19.1 Å². The fourth-order valence-electron chi connectivity index (χ4n) is 4.40. The summed E-state index contributed by atoms with van der Waals surface area (Å²) in [5, 5.41) is 14.5. The van der Waals surface area contributed by atoms with E-state index < -0.39 is 23.7 Å². The molecule has 0 radical (unpaired) electrons. The number of carbonyl (C=O) groups excluding carboxylic acids is 2. The summed E-state index contributed by atoms with van der Waals surface area (Å²) in [4.78, 5) is 35.8. The number of nitrogens with one attached hydrogen (secondary N) is 2. The molecule has 0 saturated heterocycles. The van der Waals surface area contributed by atoms with Crippen LogP contribution in [0.5, 0.6) is 0 Å². The molecule has 0 spiro atoms. The van der Waals surface area contributed by atoms with E-state index in [9.17, 15) is 14.4 Å². The van der Waals surface area contributed by atoms with Crippen LogP contribution in [0.3, 0.4) is 0 Å². The van der Waals surface area contributed by atoms with Crippen LogP contribution in [0.25, 0.3) is 11.1 Å². The standard InChI is InChI=1S/C25H28N2O6/c1-32-21(23(29)30)10-13-26-22(28)14-25(11-12-25)27-24(31)33-15-20-18-8-4-2-6-16(18)17-7-3-5-9-19(17)20/h2-9,20-21H,10-15H2,1H3,(H,26,28)(H,27,31)(H,29,30). The monoisotopic (exact) mass is 452 g/mol. The van der Waals surface area contributed by atoms with E-state index in [1.54, 1.807) is 0 Å². The number of hydrogen-bond donors (Lipinski definition) is 3. The van der Waals surface area contributed by atoms with Gasteiger partial charge in [0.1, 0.15) is 6.61 Å². The maximum Gasteiger partial charge on any atom is 0.407 e. The number of ether oxygens (including phenoxy) is 2. The van der Waals surface area contributed by atoms with Crippen molar-refractivity contribution < 1.29 is 29.0 Å². The predicted molar refractivity (Wildman–Crippen MR) is 121 cm³/mol. The highest BCUT2D eigenvalue weighted by Gasteiger charge is 2.46. The number of carboxylic acids is 1. The molecule has 0 heterocycles. The third-order valence-corrected chi connectivity index (χ3v) is 6.35. The van der Waals surface area contributed by atoms with Crippen LogP contribution in [0.2, 0.25) is 0 Å². The molecule has 2 amide bonds. The van der Waals surface area contributed by atoms with E-state index in [1.807, 2.05) is 24.3 Å². The molecule has 33 heavy (non-hydrogen) atoms. The molecule has 0 aliphatic heterocycles. The van der Waals surface area contributed by atoms with Crippen LogP contribution < -0.4 is 10.6 Å². The second-order valence-corrected chi connectivity index (χ2v) is 8.61. The van der Waals surface area contributed by atoms with Crippen LogP contribution in [0.15, 0.2) is 48.5 Å². The summed E-state index contributed by atoms with van der Waals surface area (Å²) >= 11 is 0. The van der Waals surface area contributed by atoms with E-state index in [0.29, 0.717) is 12.8 Å². The molecule has 1 atom stereocenters. The summed E-state index contributed by atoms with van der Waals surface area (Å²) in [6.07, 6.45) is 0.194. The molecule has 3 N–H and O–H groups in total. The molecule has 8 heteroatoms. The van der Waals surface area contributed by atoms with Gasteiger partial charge in [-0.15, -0.1) is 0 Å². The largest absolute Gasteiger partial charge is 0.479 e. The number of carboxylic acid groups (broad SMARTS) is 1. The normalized spacial score (nSPS) is 16.3. The number of aliphatic carboxylic acids is 1. The maximum absolute atomic E-state index is 12.5. The zero-order valence-corrected chi connectivity index (χ0v) is 18.5. The molecule has 1 fully saturated rings. The predicted octanol–water partition coefficient (Wildman–Crippen LogP) is 3.05. The van der Waals surface area contributed by atoms with Crippen molar-refractivity contribution in [2.75, 3.05) is 20.3 Å². The van der Waals surface area contributed by atoms with E-state index in [2.05, 4.69) is 34.9 Å². The van der Waals surface area contributed by atoms with Crippen LogP contribution >= 0.6 is 0 Å². The number of benzene rings is 2. The highest BCUT2D eigenvalue weighted by Crippen LogP contribution is 2.44. The number of methoxy groups -OCH3 is 1. The lowest BCUT2D eigenvalue weighted by Crippen LogP contribution is -2.42. The quantitative estimate of drug-likeness (QED) is 0.511. The Morgan fingerprint density at radius 1 is 1.06 bits per heavy atom. The molecule has 8 nitrogen and oxygen atoms in total. The molecule has 2 aliphatic rings. The second-order valence-electron chi connectivity index (χ2n) is 8.61. The molecule has 0 bridgehead atoms. The number of rotatable bonds is 10. The Balaban J connectivity index is 1.27. The summed E-state index contributed by atoms with van der Waals surface area (Å²) in [7, 11) is 1.32. The first kappa shape index (κ1) is 22.8. The molecule has 2 aromatic carbocycles. The first-order valence-corrected chi connectivity index (χ1v) is 11.1. The lowest BCUT2D eigenvalue weighted by molar-refractivity contribution is -0.149. The van der Waals surface area contributed by atoms with Crippen molar-refractivity contribution >= 4 is 18.0 Å². The Morgan fingerprint density at radius 3 is 2.21 bits per heavy atom. The van der Waals surface area contributed by atoms with E-state index >= 15 is 0 Å². The highest BCUT2D eigenvalue weighted by molar-refractivity contribution is 5.80. The maximum atomic E-state index is 12.5. The van der Waals surface area contributed by atoms with E-state index in [1.165, 1.54) is 7.11 Å². The summed E-state index contributed by atoms with van der Waals surface area (Å²) in [5.41, 5.74) is 4.01. The lowest BCUT2D eigenvalue weighted by atomic mass is 9.98. The van der Waals surface area contributed by atoms with Gasteiger partial charge in [0.25, 0.3) is 0 Å². The molecule has 2 aliphatic carbocycles. The second kappa shape index (κ2) is 9.62. The summed E-state index contributed by atoms with van der Waals surface area (Å²) in [6, 6.07) is 16.3. The van der Waals surface area contributed by atoms with Gasteiger partial charge in [-0.2, -0.15) is 0 Å². The Hall–Kier alpha value is -3.39. The van der Waals surface area contributed by atoms with Crippen LogP contribution in [-0.4, -0.2) is 55.0 Å². The topological polar surface area (TPSA) is 114 Å². The number of hydrogen-bond acceptors (Lipinski definition) is 5. The number of fused-ring (bicyclic) bond motifs is 3. The van der Waals surface area contributed by atoms with Crippen molar-refractivity contribution in [3.05, 3.63) is 59.7 Å². The van der Waals surface area contributed by atoms with Crippen molar-refractivity contribution in [2.24, 2.45) is 0 Å². The molecule has 2 aromatic rings. The van der Waals surface area contributed by atoms with Crippen molar-refractivity contribution in [1.82, 2.24) is 10.6 Å². The van der Waals surface area contributed by atoms with E-state index in [0.717, 1.165) is 22.3 Å². The molecular weight excluding hydrogens is 424 g/mol. The third-order valence-electron chi connectivity index (χ3n) is 6.35. The number of amides is 2. The molecule has 4 rings (SSSR count). The van der Waals surface area contributed by atoms with Gasteiger partial charge in [0.15, 0.2) is 6.10 Å². The molecule has 0 aromatic heterocycles. The Labute approximate surface area is 192 Å². The minimum atomic E-state index is -1.07. The van der Waals surface area contributed by atoms with Gasteiger partial charge in [-0.1, -0.05) is 48.5 Å². The number of alkyl carbamates (subject to hydrolysis) is 1. The van der Waals surface area contributed by atoms with Gasteiger partial charge in [-0.05, 0) is 35.1 Å². The van der Waals surface area contributed by atoms with Crippen LogP contribution in [0, 0.1) is 0 Å². The van der Waals surface area contributed by atoms with Gasteiger partial charge in [-0.3, -0.25) is 4.79 Å². The SMILES string of the molecule is COC(CCNC(=O)CC1(NC(=O)OCC2c3ccccc3-c3ccccc32)CC1)C(=O)O. The smallest absolute Gasteiger partial charge is 0.407 e. The van der Waals surface area contributed by atoms with Crippen LogP contribution in [0.1, 0.15) is 42.7 Å². The molecule has 1 saturated carbocycles. The van der Waals surface area contributed by atoms with Gasteiger partial charge < -0.3 is 25.2 Å². The van der Waals surface area contributed by atoms with Crippen molar-refractivity contribution in [3.63, 3.8) is 0 Å². The Kier molecular flexibility index (Phi) is 6.65. The van der Waals surface area contributed by atoms with Gasteiger partial charge in [0.2, 0.25) is 5.91 Å². The van der Waals surface area contributed by atoms with Crippen molar-refractivity contribution in [3.8, 4) is 11.1 Å². The lowest BCUT2D eigenvalue weighted by Gasteiger charge is -2.19. The summed E-state index contributed by atoms with van der Waals surface area (Å²) in [6.45, 7) is 0.403. The van der Waals surface area contributed by atoms with Gasteiger partial charge >= 0.3 is 12.1 Å². The van der Waals surface area contributed by atoms with Gasteiger partial charge in [-0.25, -0.2) is 9.59 Å². The summed E-state index contributed by atoms with van der Waals surface area (Å²) < 4.78 is 10.4. The number of carbonyl (C=O) groups is 3. The zero-order valence-electron chi connectivity index (χ0n) is 18.5. The fourth-order valence-corrected chi connectivity index (χ4v) is 4.40. The van der Waals surface area contributed by atoms with Crippen molar-refractivity contribution in [2.45, 2.75) is 43.2 Å². The first-order chi connectivity index (χ1) is 15.9. The van der Waals surface area contributed by atoms with E-state index in [4.69, 9.17) is 14.6 Å². The minimum absolute atomic E-state index is 0.0235. The van der Waals surface area contributed by atoms with Gasteiger partial charge in [0, 0.05) is 32.4 Å². The summed E-state index contributed by atoms with van der Waals surface area (Å²) in [5.74, 6) is -1.33. The average molecular weight is 453 g/mol. The average Bonchev–Trinajstić information content (AvgIpc) is 3.47. The zero-order chi connectivity index (χ0) is 23.4. The minimum Gasteiger partial charge on any atom is -0.479 e. The highest BCUT2D eigenvalue weighted by atomic mass is 16.5. The van der Waals surface area contributed by atoms with Crippen LogP contribution in [0.4, 0.5) is 4.79 Å². The van der Waals surface area contributed by atoms with E-state index in [-0.39, 0.29) is 37.8 Å². The molecular formula is C25H28N2O6. The van der Waals surface area contributed by atoms with Crippen molar-refractivity contribution in [1.29, 1.82) is 0 Å². The molecule has 1 unspecified atom stereocenters. The molecule has 174 valence electrons. The van der Waals surface area contributed by atoms with Gasteiger partial charge in [0.05, 0.1) is 5.54 Å². The first-order valence-electron chi connectivity index (χ1n) is 11.1. The Bertz CT molecular complexity index is 1000. The Morgan fingerprint density at radius 2 is 1.67 bits per heavy atom.